The number of oxazole rings is 1. The Morgan fingerprint density at radius 3 is 2.67 bits per heavy atom. The van der Waals surface area contributed by atoms with Gasteiger partial charge in [0, 0.05) is 25.7 Å². The Balaban J connectivity index is 1.68. The molecule has 0 atom stereocenters. The second kappa shape index (κ2) is 10.1. The number of ether oxygens (including phenoxy) is 3. The molecule has 3 aromatic rings. The molecule has 1 aromatic heterocycles. The topological polar surface area (TPSA) is 77.3 Å². The number of aromatic nitrogens is 1. The van der Waals surface area contributed by atoms with E-state index in [1.807, 2.05) is 25.1 Å². The molecule has 33 heavy (non-hydrogen) atoms. The van der Waals surface area contributed by atoms with Crippen molar-refractivity contribution in [1.82, 2.24) is 10.1 Å². The molecule has 0 spiro atoms. The number of fused-ring (bicyclic) bond motifs is 1. The Morgan fingerprint density at radius 1 is 1.18 bits per heavy atom. The second-order valence-corrected chi connectivity index (χ2v) is 7.86. The van der Waals surface area contributed by atoms with Gasteiger partial charge in [-0.2, -0.15) is 4.98 Å². The van der Waals surface area contributed by atoms with E-state index in [1.165, 1.54) is 7.11 Å². The average molecular weight is 458 g/mol. The third-order valence-electron chi connectivity index (χ3n) is 5.77. The highest BCUT2D eigenvalue weighted by Gasteiger charge is 2.28. The molecule has 1 fully saturated rings. The first-order chi connectivity index (χ1) is 16.0. The molecule has 2 aromatic carbocycles. The summed E-state index contributed by atoms with van der Waals surface area (Å²) in [5.74, 6) is 0.890. The van der Waals surface area contributed by atoms with E-state index >= 15 is 0 Å². The number of benzene rings is 2. The van der Waals surface area contributed by atoms with Gasteiger partial charge in [0.15, 0.2) is 17.1 Å². The van der Waals surface area contributed by atoms with Crippen molar-refractivity contribution in [3.63, 3.8) is 0 Å². The maximum Gasteiger partial charge on any atom is 0.337 e. The van der Waals surface area contributed by atoms with Gasteiger partial charge in [-0.25, -0.2) is 4.79 Å². The zero-order valence-corrected chi connectivity index (χ0v) is 19.0. The summed E-state index contributed by atoms with van der Waals surface area (Å²) in [6.45, 7) is 3.63. The predicted octanol–water partition coefficient (Wildman–Crippen LogP) is 4.38. The van der Waals surface area contributed by atoms with Gasteiger partial charge in [-0.1, -0.05) is 6.07 Å². The number of hydrogen-bond acceptors (Lipinski definition) is 8. The molecule has 0 unspecified atom stereocenters. The van der Waals surface area contributed by atoms with Crippen molar-refractivity contribution >= 4 is 23.1 Å². The van der Waals surface area contributed by atoms with Crippen molar-refractivity contribution in [3.8, 4) is 11.5 Å². The van der Waals surface area contributed by atoms with Crippen molar-refractivity contribution in [2.24, 2.45) is 0 Å². The van der Waals surface area contributed by atoms with E-state index in [4.69, 9.17) is 18.6 Å². The van der Waals surface area contributed by atoms with Gasteiger partial charge in [0.2, 0.25) is 0 Å². The van der Waals surface area contributed by atoms with Gasteiger partial charge in [0.05, 0.1) is 26.4 Å². The lowest BCUT2D eigenvalue weighted by Gasteiger charge is -2.35. The quantitative estimate of drug-likeness (QED) is 0.364. The number of anilines is 1. The monoisotopic (exact) mass is 457 g/mol. The smallest absolute Gasteiger partial charge is 0.337 e. The average Bonchev–Trinajstić information content (AvgIpc) is 3.26. The highest BCUT2D eigenvalue weighted by molar-refractivity contribution is 5.93. The van der Waals surface area contributed by atoms with Crippen LogP contribution in [0.4, 0.5) is 10.5 Å². The van der Waals surface area contributed by atoms with Crippen LogP contribution in [0, 0.1) is 0 Å². The molecule has 1 aliphatic heterocycles. The normalized spacial score (nSPS) is 14.9. The summed E-state index contributed by atoms with van der Waals surface area (Å²) in [6, 6.07) is 11.3. The molecule has 4 rings (SSSR count). The molecule has 0 radical (unpaired) electrons. The minimum atomic E-state index is -0.435. The molecule has 1 aliphatic rings. The van der Waals surface area contributed by atoms with Gasteiger partial charge in [-0.05, 0) is 55.7 Å². The molecule has 9 heteroatoms. The van der Waals surface area contributed by atoms with Gasteiger partial charge in [0.1, 0.15) is 5.52 Å². The number of hydrogen-bond donors (Lipinski definition) is 0. The third kappa shape index (κ3) is 5.03. The number of rotatable bonds is 8. The number of piperidine rings is 1. The van der Waals surface area contributed by atoms with Crippen molar-refractivity contribution in [2.45, 2.75) is 32.4 Å². The van der Waals surface area contributed by atoms with Crippen LogP contribution >= 0.6 is 0 Å². The molecule has 176 valence electrons. The highest BCUT2D eigenvalue weighted by atomic mass is 19.2. The number of nitrogens with zero attached hydrogens (tertiary/aromatic N) is 3. The van der Waals surface area contributed by atoms with Crippen LogP contribution in [0.2, 0.25) is 0 Å². The van der Waals surface area contributed by atoms with Gasteiger partial charge in [-0.3, -0.25) is 0 Å². The fourth-order valence-electron chi connectivity index (χ4n) is 4.07. The van der Waals surface area contributed by atoms with Crippen LogP contribution in [0.5, 0.6) is 11.5 Å². The second-order valence-electron chi connectivity index (χ2n) is 7.86. The maximum atomic E-state index is 13.7. The molecule has 0 amide bonds. The van der Waals surface area contributed by atoms with Crippen LogP contribution < -0.4 is 14.4 Å². The molecule has 0 bridgehead atoms. The first kappa shape index (κ1) is 22.8. The Morgan fingerprint density at radius 2 is 1.97 bits per heavy atom. The summed E-state index contributed by atoms with van der Waals surface area (Å²) in [5.41, 5.74) is 2.51. The summed E-state index contributed by atoms with van der Waals surface area (Å²) in [4.78, 5) is 18.6. The number of esters is 1. The summed E-state index contributed by atoms with van der Waals surface area (Å²) >= 11 is 0. The Hall–Kier alpha value is -3.33. The highest BCUT2D eigenvalue weighted by Crippen LogP contribution is 2.32. The van der Waals surface area contributed by atoms with Gasteiger partial charge < -0.3 is 23.5 Å². The van der Waals surface area contributed by atoms with Crippen LogP contribution in [0.25, 0.3) is 11.1 Å². The fourth-order valence-corrected chi connectivity index (χ4v) is 4.07. The fraction of sp³-hybridized carbons (Fsp3) is 0.417. The minimum Gasteiger partial charge on any atom is -0.493 e. The van der Waals surface area contributed by atoms with Crippen molar-refractivity contribution in [3.05, 3.63) is 47.5 Å². The van der Waals surface area contributed by atoms with Crippen LogP contribution in [0.15, 0.2) is 40.8 Å². The Bertz CT molecular complexity index is 1110. The molecule has 2 heterocycles. The van der Waals surface area contributed by atoms with E-state index < -0.39 is 5.97 Å². The van der Waals surface area contributed by atoms with Crippen molar-refractivity contribution < 1.29 is 27.9 Å². The minimum absolute atomic E-state index is 0.0442. The molecular weight excluding hydrogens is 429 g/mol. The van der Waals surface area contributed by atoms with E-state index in [-0.39, 0.29) is 6.04 Å². The molecule has 0 N–H and O–H groups in total. The largest absolute Gasteiger partial charge is 0.493 e. The van der Waals surface area contributed by atoms with Gasteiger partial charge >= 0.3 is 5.97 Å². The standard InChI is InChI=1S/C24H28FN3O5/c1-4-32-22-13-16(5-7-21(22)30-2)15-28(18-9-11-27(25)12-10-18)24-26-19-14-17(23(29)31-3)6-8-20(19)33-24/h5-8,13-14,18H,4,9-12,15H2,1-3H3. The molecule has 1 saturated heterocycles. The van der Waals surface area contributed by atoms with Crippen molar-refractivity contribution in [1.29, 1.82) is 0 Å². The lowest BCUT2D eigenvalue weighted by molar-refractivity contribution is 0.000197. The summed E-state index contributed by atoms with van der Waals surface area (Å²) < 4.78 is 35.7. The van der Waals surface area contributed by atoms with Crippen LogP contribution in [-0.2, 0) is 11.3 Å². The Kier molecular flexibility index (Phi) is 6.98. The number of methoxy groups -OCH3 is 2. The first-order valence-electron chi connectivity index (χ1n) is 11.0. The SMILES string of the molecule is CCOc1cc(CN(c2nc3cc(C(=O)OC)ccc3o2)C2CCN(F)CC2)ccc1OC. The predicted molar refractivity (Wildman–Crippen MR) is 121 cm³/mol. The van der Waals surface area contributed by atoms with Crippen LogP contribution in [0.3, 0.4) is 0 Å². The molecule has 0 saturated carbocycles. The lowest BCUT2D eigenvalue weighted by Crippen LogP contribution is -2.42. The van der Waals surface area contributed by atoms with E-state index in [0.717, 1.165) is 10.7 Å². The zero-order chi connectivity index (χ0) is 23.4. The summed E-state index contributed by atoms with van der Waals surface area (Å²) in [7, 11) is 2.95. The van der Waals surface area contributed by atoms with Crippen LogP contribution in [0.1, 0.15) is 35.7 Å². The van der Waals surface area contributed by atoms with E-state index in [2.05, 4.69) is 9.88 Å². The van der Waals surface area contributed by atoms with Gasteiger partial charge in [-0.15, -0.1) is 9.60 Å². The number of carbonyl (C=O) groups is 1. The van der Waals surface area contributed by atoms with E-state index in [1.54, 1.807) is 25.3 Å². The first-order valence-corrected chi connectivity index (χ1v) is 11.0. The van der Waals surface area contributed by atoms with E-state index in [9.17, 15) is 9.28 Å². The van der Waals surface area contributed by atoms with Gasteiger partial charge in [0.25, 0.3) is 6.01 Å². The molecule has 0 aliphatic carbocycles. The number of carbonyl (C=O) groups excluding carboxylic acids is 1. The molecule has 8 nitrogen and oxygen atoms in total. The Labute approximate surface area is 191 Å². The van der Waals surface area contributed by atoms with E-state index in [0.29, 0.717) is 73.3 Å². The van der Waals surface area contributed by atoms with Crippen LogP contribution in [-0.4, -0.2) is 56.0 Å². The van der Waals surface area contributed by atoms with Crippen molar-refractivity contribution in [2.75, 3.05) is 38.8 Å². The number of halogens is 1. The lowest BCUT2D eigenvalue weighted by atomic mass is 10.0. The molecular formula is C24H28FN3O5. The maximum absolute atomic E-state index is 13.7. The summed E-state index contributed by atoms with van der Waals surface area (Å²) in [5, 5.41) is 0.837. The zero-order valence-electron chi connectivity index (χ0n) is 19.0. The summed E-state index contributed by atoms with van der Waals surface area (Å²) in [6.07, 6.45) is 1.27. The third-order valence-corrected chi connectivity index (χ3v) is 5.77.